The van der Waals surface area contributed by atoms with Gasteiger partial charge in [0.1, 0.15) is 17.5 Å². The summed E-state index contributed by atoms with van der Waals surface area (Å²) in [6, 6.07) is 7.67. The van der Waals surface area contributed by atoms with Gasteiger partial charge in [0.05, 0.1) is 11.3 Å². The van der Waals surface area contributed by atoms with E-state index in [2.05, 4.69) is 34.0 Å². The number of hydrogen-bond acceptors (Lipinski definition) is 7. The number of primary amides is 1. The Kier molecular flexibility index (Phi) is 5.90. The zero-order chi connectivity index (χ0) is 19.4. The molecule has 0 radical (unpaired) electrons. The monoisotopic (exact) mass is 385 g/mol. The Morgan fingerprint density at radius 2 is 2.00 bits per heavy atom. The molecule has 4 N–H and O–H groups in total. The van der Waals surface area contributed by atoms with Crippen LogP contribution in [-0.4, -0.2) is 30.6 Å². The van der Waals surface area contributed by atoms with Crippen molar-refractivity contribution in [3.8, 4) is 0 Å². The van der Waals surface area contributed by atoms with E-state index in [1.807, 2.05) is 28.8 Å². The van der Waals surface area contributed by atoms with Gasteiger partial charge in [0.15, 0.2) is 5.16 Å². The van der Waals surface area contributed by atoms with Gasteiger partial charge in [-0.1, -0.05) is 37.7 Å². The summed E-state index contributed by atoms with van der Waals surface area (Å²) in [5.41, 5.74) is 12.1. The largest absolute Gasteiger partial charge is 0.383 e. The SMILES string of the molecule is CC(C)Cn1c(CCC(N)=O)nnc1SCc1nc(N)c2ccccc2n1. The van der Waals surface area contributed by atoms with E-state index >= 15 is 0 Å². The summed E-state index contributed by atoms with van der Waals surface area (Å²) >= 11 is 1.51. The van der Waals surface area contributed by atoms with Crippen LogP contribution in [0.25, 0.3) is 10.9 Å². The van der Waals surface area contributed by atoms with Gasteiger partial charge in [-0.05, 0) is 18.1 Å². The fourth-order valence-corrected chi connectivity index (χ4v) is 3.56. The van der Waals surface area contributed by atoms with Crippen molar-refractivity contribution in [3.63, 3.8) is 0 Å². The summed E-state index contributed by atoms with van der Waals surface area (Å²) in [4.78, 5) is 20.1. The predicted octanol–water partition coefficient (Wildman–Crippen LogP) is 2.17. The van der Waals surface area contributed by atoms with Crippen molar-refractivity contribution in [1.82, 2.24) is 24.7 Å². The summed E-state index contributed by atoms with van der Waals surface area (Å²) in [7, 11) is 0. The topological polar surface area (TPSA) is 126 Å². The molecule has 9 heteroatoms. The van der Waals surface area contributed by atoms with Crippen LogP contribution in [0, 0.1) is 5.92 Å². The van der Waals surface area contributed by atoms with Gasteiger partial charge < -0.3 is 16.0 Å². The van der Waals surface area contributed by atoms with Crippen LogP contribution in [0.5, 0.6) is 0 Å². The highest BCUT2D eigenvalue weighted by Gasteiger charge is 2.15. The third kappa shape index (κ3) is 4.73. The fraction of sp³-hybridized carbons (Fsp3) is 0.389. The first-order valence-corrected chi connectivity index (χ1v) is 9.77. The highest BCUT2D eigenvalue weighted by atomic mass is 32.2. The van der Waals surface area contributed by atoms with E-state index in [1.54, 1.807) is 0 Å². The number of benzene rings is 1. The predicted molar refractivity (Wildman–Crippen MR) is 106 cm³/mol. The van der Waals surface area contributed by atoms with Crippen LogP contribution in [0.1, 0.15) is 31.9 Å². The van der Waals surface area contributed by atoms with Crippen LogP contribution < -0.4 is 11.5 Å². The summed E-state index contributed by atoms with van der Waals surface area (Å²) in [5, 5.41) is 10.2. The average molecular weight is 385 g/mol. The highest BCUT2D eigenvalue weighted by Crippen LogP contribution is 2.24. The number of amides is 1. The lowest BCUT2D eigenvalue weighted by Crippen LogP contribution is -2.15. The molecule has 0 unspecified atom stereocenters. The van der Waals surface area contributed by atoms with Gasteiger partial charge in [0, 0.05) is 24.8 Å². The quantitative estimate of drug-likeness (QED) is 0.569. The van der Waals surface area contributed by atoms with Gasteiger partial charge in [-0.2, -0.15) is 0 Å². The molecule has 0 saturated carbocycles. The van der Waals surface area contributed by atoms with Gasteiger partial charge in [0.25, 0.3) is 0 Å². The van der Waals surface area contributed by atoms with Gasteiger partial charge >= 0.3 is 0 Å². The van der Waals surface area contributed by atoms with Crippen LogP contribution in [-0.2, 0) is 23.5 Å². The zero-order valence-corrected chi connectivity index (χ0v) is 16.2. The number of nitrogens with two attached hydrogens (primary N) is 2. The van der Waals surface area contributed by atoms with Crippen LogP contribution in [0.4, 0.5) is 5.82 Å². The molecular formula is C18H23N7OS. The summed E-state index contributed by atoms with van der Waals surface area (Å²) in [5.74, 6) is 2.49. The minimum atomic E-state index is -0.344. The molecule has 0 aliphatic rings. The van der Waals surface area contributed by atoms with E-state index in [4.69, 9.17) is 11.5 Å². The molecule has 3 rings (SSSR count). The first-order chi connectivity index (χ1) is 12.9. The number of fused-ring (bicyclic) bond motifs is 1. The van der Waals surface area contributed by atoms with E-state index in [0.29, 0.717) is 29.7 Å². The maximum atomic E-state index is 11.1. The number of hydrogen-bond donors (Lipinski definition) is 2. The van der Waals surface area contributed by atoms with E-state index < -0.39 is 0 Å². The molecule has 0 spiro atoms. The highest BCUT2D eigenvalue weighted by molar-refractivity contribution is 7.98. The fourth-order valence-electron chi connectivity index (χ4n) is 2.74. The Hall–Kier alpha value is -2.68. The Morgan fingerprint density at radius 3 is 2.74 bits per heavy atom. The molecule has 0 bridgehead atoms. The second kappa shape index (κ2) is 8.34. The molecule has 1 amide bonds. The van der Waals surface area contributed by atoms with Crippen molar-refractivity contribution in [3.05, 3.63) is 35.9 Å². The van der Waals surface area contributed by atoms with Gasteiger partial charge in [-0.25, -0.2) is 9.97 Å². The first kappa shape index (κ1) is 19.1. The number of thioether (sulfide) groups is 1. The molecule has 1 aromatic carbocycles. The van der Waals surface area contributed by atoms with Gasteiger partial charge in [0.2, 0.25) is 5.91 Å². The summed E-state index contributed by atoms with van der Waals surface area (Å²) in [6.07, 6.45) is 0.736. The normalized spacial score (nSPS) is 11.4. The van der Waals surface area contributed by atoms with Crippen LogP contribution >= 0.6 is 11.8 Å². The molecule has 0 atom stereocenters. The maximum absolute atomic E-state index is 11.1. The molecule has 142 valence electrons. The van der Waals surface area contributed by atoms with Crippen molar-refractivity contribution >= 4 is 34.4 Å². The van der Waals surface area contributed by atoms with Crippen LogP contribution in [0.2, 0.25) is 0 Å². The summed E-state index contributed by atoms with van der Waals surface area (Å²) in [6.45, 7) is 5.02. The van der Waals surface area contributed by atoms with E-state index in [-0.39, 0.29) is 12.3 Å². The van der Waals surface area contributed by atoms with Crippen molar-refractivity contribution in [2.24, 2.45) is 11.7 Å². The lowest BCUT2D eigenvalue weighted by molar-refractivity contribution is -0.118. The van der Waals surface area contributed by atoms with Gasteiger partial charge in [-0.3, -0.25) is 4.79 Å². The number of para-hydroxylation sites is 1. The van der Waals surface area contributed by atoms with Crippen LogP contribution in [0.15, 0.2) is 29.4 Å². The summed E-state index contributed by atoms with van der Waals surface area (Å²) < 4.78 is 2.04. The minimum Gasteiger partial charge on any atom is -0.383 e. The van der Waals surface area contributed by atoms with Crippen molar-refractivity contribution < 1.29 is 4.79 Å². The number of nitrogen functional groups attached to an aromatic ring is 1. The molecule has 27 heavy (non-hydrogen) atoms. The lowest BCUT2D eigenvalue weighted by Gasteiger charge is -2.12. The molecule has 3 aromatic rings. The second-order valence-electron chi connectivity index (χ2n) is 6.70. The van der Waals surface area contributed by atoms with Crippen molar-refractivity contribution in [2.45, 2.75) is 44.1 Å². The Balaban J connectivity index is 1.80. The zero-order valence-electron chi connectivity index (χ0n) is 15.4. The third-order valence-electron chi connectivity index (χ3n) is 3.95. The third-order valence-corrected chi connectivity index (χ3v) is 4.91. The van der Waals surface area contributed by atoms with E-state index in [0.717, 1.165) is 28.4 Å². The maximum Gasteiger partial charge on any atom is 0.217 e. The number of aromatic nitrogens is 5. The van der Waals surface area contributed by atoms with E-state index in [1.165, 1.54) is 11.8 Å². The molecule has 0 aliphatic carbocycles. The average Bonchev–Trinajstić information content (AvgIpc) is 2.99. The standard InChI is InChI=1S/C18H23N7OS/c1-11(2)9-25-16(8-7-14(19)26)23-24-18(25)27-10-15-21-13-6-4-3-5-12(13)17(20)22-15/h3-6,11H,7-10H2,1-2H3,(H2,19,26)(H2,20,21,22). The molecule has 0 aliphatic heterocycles. The van der Waals surface area contributed by atoms with Gasteiger partial charge in [-0.15, -0.1) is 10.2 Å². The second-order valence-corrected chi connectivity index (χ2v) is 7.64. The Morgan fingerprint density at radius 1 is 1.22 bits per heavy atom. The number of aryl methyl sites for hydroxylation is 1. The van der Waals surface area contributed by atoms with Crippen molar-refractivity contribution in [2.75, 3.05) is 5.73 Å². The molecule has 8 nitrogen and oxygen atoms in total. The Labute approximate surface area is 161 Å². The number of carbonyl (C=O) groups excluding carboxylic acids is 1. The lowest BCUT2D eigenvalue weighted by atomic mass is 10.2. The number of carbonyl (C=O) groups is 1. The molecule has 0 fully saturated rings. The molecular weight excluding hydrogens is 362 g/mol. The smallest absolute Gasteiger partial charge is 0.217 e. The number of rotatable bonds is 8. The molecule has 2 heterocycles. The van der Waals surface area contributed by atoms with E-state index in [9.17, 15) is 4.79 Å². The molecule has 0 saturated heterocycles. The number of nitrogens with zero attached hydrogens (tertiary/aromatic N) is 5. The van der Waals surface area contributed by atoms with Crippen LogP contribution in [0.3, 0.4) is 0 Å². The number of anilines is 1. The first-order valence-electron chi connectivity index (χ1n) is 8.78. The Bertz CT molecular complexity index is 954. The van der Waals surface area contributed by atoms with Crippen molar-refractivity contribution in [1.29, 1.82) is 0 Å². The molecule has 2 aromatic heterocycles. The minimum absolute atomic E-state index is 0.255.